The lowest BCUT2D eigenvalue weighted by atomic mass is 10.1. The number of hydrogen-bond acceptors (Lipinski definition) is 2. The first-order chi connectivity index (χ1) is 6.81. The van der Waals surface area contributed by atoms with Gasteiger partial charge in [-0.2, -0.15) is 5.10 Å². The quantitative estimate of drug-likeness (QED) is 0.753. The smallest absolute Gasteiger partial charge is 0.0695 e. The molecule has 0 aliphatic heterocycles. The van der Waals surface area contributed by atoms with Gasteiger partial charge in [0.2, 0.25) is 0 Å². The third-order valence-corrected chi connectivity index (χ3v) is 2.24. The van der Waals surface area contributed by atoms with Crippen LogP contribution < -0.4 is 5.73 Å². The molecule has 1 heterocycles. The largest absolute Gasteiger partial charge is 0.326 e. The number of benzene rings is 1. The molecule has 1 aromatic carbocycles. The second-order valence-corrected chi connectivity index (χ2v) is 3.34. The van der Waals surface area contributed by atoms with Crippen LogP contribution in [-0.4, -0.2) is 10.2 Å². The summed E-state index contributed by atoms with van der Waals surface area (Å²) < 4.78 is 0. The van der Waals surface area contributed by atoms with E-state index in [2.05, 4.69) is 35.3 Å². The Kier molecular flexibility index (Phi) is 2.33. The molecule has 0 saturated carbocycles. The molecule has 72 valence electrons. The van der Waals surface area contributed by atoms with E-state index in [0.29, 0.717) is 6.54 Å². The Balaban J connectivity index is 2.49. The molecule has 0 saturated heterocycles. The summed E-state index contributed by atoms with van der Waals surface area (Å²) in [5.74, 6) is 0. The molecule has 0 radical (unpaired) electrons. The van der Waals surface area contributed by atoms with Crippen LogP contribution in [0.5, 0.6) is 0 Å². The first-order valence-corrected chi connectivity index (χ1v) is 4.60. The molecule has 3 N–H and O–H groups in total. The van der Waals surface area contributed by atoms with E-state index in [-0.39, 0.29) is 0 Å². The molecule has 1 aromatic heterocycles. The van der Waals surface area contributed by atoms with Gasteiger partial charge in [0.25, 0.3) is 0 Å². The summed E-state index contributed by atoms with van der Waals surface area (Å²) in [6.07, 6.45) is 1.78. The lowest BCUT2D eigenvalue weighted by Crippen LogP contribution is -1.96. The van der Waals surface area contributed by atoms with E-state index in [9.17, 15) is 0 Å². The second-order valence-electron chi connectivity index (χ2n) is 3.34. The highest BCUT2D eigenvalue weighted by Gasteiger charge is 2.05. The van der Waals surface area contributed by atoms with Gasteiger partial charge in [-0.1, -0.05) is 23.8 Å². The van der Waals surface area contributed by atoms with Gasteiger partial charge in [-0.25, -0.2) is 0 Å². The molecule has 0 spiro atoms. The molecule has 3 heteroatoms. The van der Waals surface area contributed by atoms with Crippen molar-refractivity contribution in [3.63, 3.8) is 0 Å². The minimum absolute atomic E-state index is 0.514. The number of nitrogens with one attached hydrogen (secondary N) is 1. The zero-order valence-electron chi connectivity index (χ0n) is 8.12. The van der Waals surface area contributed by atoms with Crippen molar-refractivity contribution in [3.8, 4) is 11.3 Å². The van der Waals surface area contributed by atoms with Gasteiger partial charge >= 0.3 is 0 Å². The zero-order valence-corrected chi connectivity index (χ0v) is 8.12. The highest BCUT2D eigenvalue weighted by molar-refractivity contribution is 5.63. The fourth-order valence-corrected chi connectivity index (χ4v) is 1.52. The normalized spacial score (nSPS) is 10.4. The predicted molar refractivity (Wildman–Crippen MR) is 56.7 cm³/mol. The van der Waals surface area contributed by atoms with Crippen LogP contribution >= 0.6 is 0 Å². The van der Waals surface area contributed by atoms with Gasteiger partial charge in [-0.15, -0.1) is 0 Å². The SMILES string of the molecule is Cc1cccc(-c2[nH]ncc2CN)c1. The summed E-state index contributed by atoms with van der Waals surface area (Å²) in [4.78, 5) is 0. The van der Waals surface area contributed by atoms with Crippen LogP contribution in [0.2, 0.25) is 0 Å². The van der Waals surface area contributed by atoms with Crippen LogP contribution in [0.4, 0.5) is 0 Å². The first kappa shape index (κ1) is 8.97. The molecule has 3 nitrogen and oxygen atoms in total. The van der Waals surface area contributed by atoms with Crippen LogP contribution in [-0.2, 0) is 6.54 Å². The maximum Gasteiger partial charge on any atom is 0.0695 e. The van der Waals surface area contributed by atoms with E-state index in [0.717, 1.165) is 16.8 Å². The van der Waals surface area contributed by atoms with Crippen molar-refractivity contribution in [1.29, 1.82) is 0 Å². The molecular weight excluding hydrogens is 174 g/mol. The third-order valence-electron chi connectivity index (χ3n) is 2.24. The summed E-state index contributed by atoms with van der Waals surface area (Å²) in [5.41, 5.74) is 10.1. The van der Waals surface area contributed by atoms with Crippen molar-refractivity contribution in [1.82, 2.24) is 10.2 Å². The minimum atomic E-state index is 0.514. The van der Waals surface area contributed by atoms with Crippen molar-refractivity contribution in [3.05, 3.63) is 41.6 Å². The van der Waals surface area contributed by atoms with Crippen molar-refractivity contribution in [2.45, 2.75) is 13.5 Å². The molecule has 0 aliphatic rings. The average molecular weight is 187 g/mol. The van der Waals surface area contributed by atoms with Crippen molar-refractivity contribution in [2.75, 3.05) is 0 Å². The Labute approximate surface area is 83.0 Å². The molecule has 0 amide bonds. The number of nitrogens with two attached hydrogens (primary N) is 1. The Morgan fingerprint density at radius 1 is 1.43 bits per heavy atom. The molecule has 0 atom stereocenters. The number of rotatable bonds is 2. The molecule has 2 rings (SSSR count). The second kappa shape index (κ2) is 3.64. The Morgan fingerprint density at radius 2 is 2.29 bits per heavy atom. The van der Waals surface area contributed by atoms with E-state index in [4.69, 9.17) is 5.73 Å². The van der Waals surface area contributed by atoms with E-state index >= 15 is 0 Å². The number of H-pyrrole nitrogens is 1. The standard InChI is InChI=1S/C11H13N3/c1-8-3-2-4-9(5-8)11-10(6-12)7-13-14-11/h2-5,7H,6,12H2,1H3,(H,13,14). The van der Waals surface area contributed by atoms with Crippen molar-refractivity contribution >= 4 is 0 Å². The number of aryl methyl sites for hydroxylation is 1. The maximum atomic E-state index is 5.61. The predicted octanol–water partition coefficient (Wildman–Crippen LogP) is 1.84. The van der Waals surface area contributed by atoms with Gasteiger partial charge in [-0.05, 0) is 13.0 Å². The number of nitrogens with zero attached hydrogens (tertiary/aromatic N) is 1. The average Bonchev–Trinajstić information content (AvgIpc) is 2.65. The highest BCUT2D eigenvalue weighted by Crippen LogP contribution is 2.21. The topological polar surface area (TPSA) is 54.7 Å². The summed E-state index contributed by atoms with van der Waals surface area (Å²) in [6, 6.07) is 8.28. The fourth-order valence-electron chi connectivity index (χ4n) is 1.52. The Hall–Kier alpha value is -1.61. The van der Waals surface area contributed by atoms with Crippen molar-refractivity contribution in [2.24, 2.45) is 5.73 Å². The molecule has 0 fully saturated rings. The van der Waals surface area contributed by atoms with Crippen LogP contribution in [0.1, 0.15) is 11.1 Å². The maximum absolute atomic E-state index is 5.61. The Bertz CT molecular complexity index is 432. The van der Waals surface area contributed by atoms with Gasteiger partial charge < -0.3 is 5.73 Å². The van der Waals surface area contributed by atoms with Gasteiger partial charge in [0, 0.05) is 17.7 Å². The molecule has 0 aliphatic carbocycles. The van der Waals surface area contributed by atoms with E-state index in [1.807, 2.05) is 6.07 Å². The molecule has 2 aromatic rings. The van der Waals surface area contributed by atoms with Crippen LogP contribution in [0.15, 0.2) is 30.5 Å². The number of aromatic nitrogens is 2. The van der Waals surface area contributed by atoms with Gasteiger partial charge in [0.05, 0.1) is 11.9 Å². The summed E-state index contributed by atoms with van der Waals surface area (Å²) >= 11 is 0. The first-order valence-electron chi connectivity index (χ1n) is 4.60. The van der Waals surface area contributed by atoms with Crippen LogP contribution in [0.25, 0.3) is 11.3 Å². The lowest BCUT2D eigenvalue weighted by molar-refractivity contribution is 1.08. The molecule has 0 unspecified atom stereocenters. The van der Waals surface area contributed by atoms with E-state index in [1.54, 1.807) is 6.20 Å². The minimum Gasteiger partial charge on any atom is -0.326 e. The summed E-state index contributed by atoms with van der Waals surface area (Å²) in [7, 11) is 0. The van der Waals surface area contributed by atoms with Gasteiger partial charge in [-0.3, -0.25) is 5.10 Å². The molecule has 14 heavy (non-hydrogen) atoms. The van der Waals surface area contributed by atoms with Crippen molar-refractivity contribution < 1.29 is 0 Å². The zero-order chi connectivity index (χ0) is 9.97. The van der Waals surface area contributed by atoms with Gasteiger partial charge in [0.15, 0.2) is 0 Å². The summed E-state index contributed by atoms with van der Waals surface area (Å²) in [6.45, 7) is 2.59. The monoisotopic (exact) mass is 187 g/mol. The number of aromatic amines is 1. The summed E-state index contributed by atoms with van der Waals surface area (Å²) in [5, 5.41) is 6.96. The van der Waals surface area contributed by atoms with Crippen LogP contribution in [0.3, 0.4) is 0 Å². The fraction of sp³-hybridized carbons (Fsp3) is 0.182. The van der Waals surface area contributed by atoms with E-state index < -0.39 is 0 Å². The molecule has 0 bridgehead atoms. The van der Waals surface area contributed by atoms with E-state index in [1.165, 1.54) is 5.56 Å². The third kappa shape index (κ3) is 1.54. The molecular formula is C11H13N3. The van der Waals surface area contributed by atoms with Gasteiger partial charge in [0.1, 0.15) is 0 Å². The Morgan fingerprint density at radius 3 is 3.00 bits per heavy atom. The lowest BCUT2D eigenvalue weighted by Gasteiger charge is -2.01. The number of hydrogen-bond donors (Lipinski definition) is 2. The highest BCUT2D eigenvalue weighted by atomic mass is 15.1. The van der Waals surface area contributed by atoms with Crippen LogP contribution in [0, 0.1) is 6.92 Å².